The number of aliphatic imine (C=N–C) groups is 1. The first-order valence-electron chi connectivity index (χ1n) is 9.95. The van der Waals surface area contributed by atoms with Crippen molar-refractivity contribution in [3.8, 4) is 0 Å². The monoisotopic (exact) mass is 444 g/mol. The van der Waals surface area contributed by atoms with E-state index in [2.05, 4.69) is 15.6 Å². The molecular weight excluding hydrogens is 421 g/mol. The van der Waals surface area contributed by atoms with Crippen molar-refractivity contribution in [3.05, 3.63) is 71.8 Å². The lowest BCUT2D eigenvalue weighted by molar-refractivity contribution is -0.137. The van der Waals surface area contributed by atoms with Crippen LogP contribution in [0.15, 0.2) is 65.4 Å². The molecule has 3 aromatic rings. The van der Waals surface area contributed by atoms with E-state index in [-0.39, 0.29) is 0 Å². The maximum Gasteiger partial charge on any atom is 0.416 e. The second kappa shape index (κ2) is 8.29. The Balaban J connectivity index is 1.68. The molecule has 2 aromatic carbocycles. The maximum atomic E-state index is 12.9. The van der Waals surface area contributed by atoms with E-state index in [0.717, 1.165) is 23.2 Å². The average molecular weight is 444 g/mol. The number of rotatable bonds is 5. The number of halogens is 3. The minimum Gasteiger partial charge on any atom is -0.385 e. The molecular formula is C22H23F3N6O. The third-order valence-electron chi connectivity index (χ3n) is 5.09. The van der Waals surface area contributed by atoms with E-state index >= 15 is 0 Å². The van der Waals surface area contributed by atoms with Crippen molar-refractivity contribution in [2.45, 2.75) is 25.2 Å². The number of methoxy groups -OCH3 is 1. The Labute approximate surface area is 182 Å². The number of para-hydroxylation sites is 2. The highest BCUT2D eigenvalue weighted by atomic mass is 19.4. The van der Waals surface area contributed by atoms with E-state index in [1.54, 1.807) is 13.2 Å². The molecule has 1 aromatic heterocycles. The van der Waals surface area contributed by atoms with Crippen LogP contribution in [-0.2, 0) is 10.9 Å². The summed E-state index contributed by atoms with van der Waals surface area (Å²) in [6.45, 7) is 2.24. The summed E-state index contributed by atoms with van der Waals surface area (Å²) in [5.74, 6) is 1.65. The first-order chi connectivity index (χ1) is 15.2. The van der Waals surface area contributed by atoms with Crippen LogP contribution in [-0.4, -0.2) is 34.9 Å². The number of hydrogen-bond acceptors (Lipinski definition) is 6. The van der Waals surface area contributed by atoms with Gasteiger partial charge in [-0.1, -0.05) is 12.1 Å². The van der Waals surface area contributed by atoms with Crippen LogP contribution >= 0.6 is 0 Å². The largest absolute Gasteiger partial charge is 0.416 e. The number of imidazole rings is 1. The lowest BCUT2D eigenvalue weighted by atomic mass is 10.1. The molecule has 0 bridgehead atoms. The topological polar surface area (TPSA) is 89.5 Å². The minimum absolute atomic E-state index is 0.376. The second-order valence-electron chi connectivity index (χ2n) is 7.54. The van der Waals surface area contributed by atoms with E-state index < -0.39 is 17.4 Å². The van der Waals surface area contributed by atoms with Gasteiger partial charge in [0.15, 0.2) is 0 Å². The van der Waals surface area contributed by atoms with Gasteiger partial charge >= 0.3 is 6.18 Å². The van der Waals surface area contributed by atoms with E-state index in [4.69, 9.17) is 15.5 Å². The number of alkyl halides is 3. The predicted octanol–water partition coefficient (Wildman–Crippen LogP) is 3.82. The number of anilines is 1. The van der Waals surface area contributed by atoms with Crippen molar-refractivity contribution >= 4 is 22.7 Å². The summed E-state index contributed by atoms with van der Waals surface area (Å²) in [4.78, 5) is 9.27. The maximum absolute atomic E-state index is 12.9. The second-order valence-corrected chi connectivity index (χ2v) is 7.54. The average Bonchev–Trinajstić information content (AvgIpc) is 3.07. The zero-order valence-electron chi connectivity index (χ0n) is 17.6. The molecule has 10 heteroatoms. The predicted molar refractivity (Wildman–Crippen MR) is 117 cm³/mol. The molecule has 1 aliphatic rings. The molecule has 168 valence electrons. The van der Waals surface area contributed by atoms with Crippen LogP contribution in [0.4, 0.5) is 18.9 Å². The number of aryl methyl sites for hydroxylation is 1. The van der Waals surface area contributed by atoms with Gasteiger partial charge in [0.05, 0.1) is 23.2 Å². The van der Waals surface area contributed by atoms with Gasteiger partial charge < -0.3 is 21.1 Å². The standard InChI is InChI=1S/C22H23F3N6O/c1-14-27-17-5-3-4-6-18(17)31(14)20-29-19(13-21(26,30-20)11-12-32-2)28-16-9-7-15(8-10-16)22(23,24)25/h3-10,13,28H,11-12,26H2,1-2H3,(H,29,30). The number of nitrogens with one attached hydrogen (secondary N) is 2. The fraction of sp³-hybridized carbons (Fsp3) is 0.273. The van der Waals surface area contributed by atoms with E-state index in [1.807, 2.05) is 35.8 Å². The zero-order chi connectivity index (χ0) is 22.9. The molecule has 0 radical (unpaired) electrons. The minimum atomic E-state index is -4.40. The Kier molecular flexibility index (Phi) is 5.66. The van der Waals surface area contributed by atoms with Gasteiger partial charge in [0, 0.05) is 19.2 Å². The highest BCUT2D eigenvalue weighted by Gasteiger charge is 2.31. The van der Waals surface area contributed by atoms with Crippen molar-refractivity contribution in [1.82, 2.24) is 14.9 Å². The Morgan fingerprint density at radius 3 is 2.56 bits per heavy atom. The fourth-order valence-corrected chi connectivity index (χ4v) is 3.54. The van der Waals surface area contributed by atoms with Gasteiger partial charge in [-0.05, 0) is 49.4 Å². The molecule has 0 aliphatic carbocycles. The molecule has 0 saturated carbocycles. The summed E-state index contributed by atoms with van der Waals surface area (Å²) >= 11 is 0. The van der Waals surface area contributed by atoms with Crippen molar-refractivity contribution in [3.63, 3.8) is 0 Å². The molecule has 0 amide bonds. The molecule has 0 spiro atoms. The molecule has 1 unspecified atom stereocenters. The van der Waals surface area contributed by atoms with Gasteiger partial charge in [-0.25, -0.2) is 9.98 Å². The van der Waals surface area contributed by atoms with Gasteiger partial charge in [0.1, 0.15) is 17.3 Å². The number of nitrogens with two attached hydrogens (primary N) is 1. The fourth-order valence-electron chi connectivity index (χ4n) is 3.54. The molecule has 7 nitrogen and oxygen atoms in total. The summed E-state index contributed by atoms with van der Waals surface area (Å²) in [5, 5.41) is 6.29. The molecule has 4 rings (SSSR count). The lowest BCUT2D eigenvalue weighted by Crippen LogP contribution is -2.48. The first-order valence-corrected chi connectivity index (χ1v) is 9.95. The van der Waals surface area contributed by atoms with Crippen LogP contribution in [0.2, 0.25) is 0 Å². The summed E-state index contributed by atoms with van der Waals surface area (Å²) in [6, 6.07) is 12.4. The smallest absolute Gasteiger partial charge is 0.385 e. The van der Waals surface area contributed by atoms with Crippen LogP contribution in [0, 0.1) is 6.92 Å². The van der Waals surface area contributed by atoms with Gasteiger partial charge in [0.25, 0.3) is 0 Å². The number of fused-ring (bicyclic) bond motifs is 1. The summed E-state index contributed by atoms with van der Waals surface area (Å²) < 4.78 is 45.7. The SMILES string of the molecule is COCCC1(N)C=C(Nc2ccc(C(F)(F)F)cc2)NC(n2c(C)nc3ccccc32)=N1. The lowest BCUT2D eigenvalue weighted by Gasteiger charge is -2.30. The van der Waals surface area contributed by atoms with E-state index in [9.17, 15) is 13.2 Å². The number of nitrogens with zero attached hydrogens (tertiary/aromatic N) is 3. The third-order valence-corrected chi connectivity index (χ3v) is 5.09. The van der Waals surface area contributed by atoms with Crippen LogP contribution in [0.25, 0.3) is 11.0 Å². The number of aromatic nitrogens is 2. The molecule has 2 heterocycles. The number of ether oxygens (including phenoxy) is 1. The van der Waals surface area contributed by atoms with Gasteiger partial charge in [-0.2, -0.15) is 13.2 Å². The van der Waals surface area contributed by atoms with Crippen LogP contribution in [0.5, 0.6) is 0 Å². The van der Waals surface area contributed by atoms with Crippen LogP contribution < -0.4 is 16.4 Å². The molecule has 32 heavy (non-hydrogen) atoms. The van der Waals surface area contributed by atoms with E-state index in [0.29, 0.717) is 36.3 Å². The zero-order valence-corrected chi connectivity index (χ0v) is 17.6. The van der Waals surface area contributed by atoms with Crippen molar-refractivity contribution in [2.24, 2.45) is 10.7 Å². The van der Waals surface area contributed by atoms with Crippen molar-refractivity contribution in [1.29, 1.82) is 0 Å². The molecule has 1 aliphatic heterocycles. The molecule has 0 saturated heterocycles. The summed E-state index contributed by atoms with van der Waals surface area (Å²) in [7, 11) is 1.58. The Morgan fingerprint density at radius 2 is 1.88 bits per heavy atom. The first kappa shape index (κ1) is 21.8. The third kappa shape index (κ3) is 4.46. The normalized spacial score (nSPS) is 18.8. The van der Waals surface area contributed by atoms with Crippen molar-refractivity contribution in [2.75, 3.05) is 19.0 Å². The Hall–Kier alpha value is -3.37. The van der Waals surface area contributed by atoms with Crippen LogP contribution in [0.3, 0.4) is 0 Å². The highest BCUT2D eigenvalue weighted by Crippen LogP contribution is 2.30. The van der Waals surface area contributed by atoms with Gasteiger partial charge in [0.2, 0.25) is 5.96 Å². The molecule has 4 N–H and O–H groups in total. The summed E-state index contributed by atoms with van der Waals surface area (Å²) in [5.41, 5.74) is 6.87. The van der Waals surface area contributed by atoms with E-state index in [1.165, 1.54) is 12.1 Å². The highest BCUT2D eigenvalue weighted by molar-refractivity contribution is 5.95. The molecule has 0 fully saturated rings. The Bertz CT molecular complexity index is 1180. The quantitative estimate of drug-likeness (QED) is 0.557. The number of benzene rings is 2. The number of hydrogen-bond donors (Lipinski definition) is 3. The molecule has 1 atom stereocenters. The van der Waals surface area contributed by atoms with Crippen molar-refractivity contribution < 1.29 is 17.9 Å². The Morgan fingerprint density at radius 1 is 1.16 bits per heavy atom. The van der Waals surface area contributed by atoms with Gasteiger partial charge in [-0.3, -0.25) is 4.57 Å². The van der Waals surface area contributed by atoms with Gasteiger partial charge in [-0.15, -0.1) is 0 Å². The summed E-state index contributed by atoms with van der Waals surface area (Å²) in [6.07, 6.45) is -2.30. The van der Waals surface area contributed by atoms with Crippen LogP contribution in [0.1, 0.15) is 17.8 Å².